The molecule has 0 aliphatic carbocycles. The predicted molar refractivity (Wildman–Crippen MR) is 115 cm³/mol. The number of ketones is 1. The zero-order valence-corrected chi connectivity index (χ0v) is 16.7. The number of aliphatic hydroxyl groups excluding tert-OH is 1. The molecule has 3 aromatic rings. The molecule has 30 heavy (non-hydrogen) atoms. The summed E-state index contributed by atoms with van der Waals surface area (Å²) in [7, 11) is 1.54. The third kappa shape index (κ3) is 3.35. The maximum atomic E-state index is 13.1. The number of amides is 1. The van der Waals surface area contributed by atoms with Crippen molar-refractivity contribution in [3.05, 3.63) is 101 Å². The van der Waals surface area contributed by atoms with E-state index in [-0.39, 0.29) is 11.3 Å². The van der Waals surface area contributed by atoms with Gasteiger partial charge in [-0.2, -0.15) is 0 Å². The van der Waals surface area contributed by atoms with E-state index < -0.39 is 17.7 Å². The normalized spacial score (nSPS) is 17.9. The summed E-state index contributed by atoms with van der Waals surface area (Å²) in [6, 6.07) is 22.6. The average Bonchev–Trinajstić information content (AvgIpc) is 3.05. The standard InChI is InChI=1S/C25H21NO4/c1-16-11-13-17(14-12-16)22-21(23(27)18-7-4-3-5-8-18)24(28)25(29)26(22)19-9-6-10-20(15-19)30-2/h3-15,22,27H,1-2H3/b23-21-. The molecule has 3 aromatic carbocycles. The van der Waals surface area contributed by atoms with Gasteiger partial charge in [-0.25, -0.2) is 0 Å². The van der Waals surface area contributed by atoms with E-state index in [1.165, 1.54) is 4.90 Å². The Labute approximate surface area is 174 Å². The largest absolute Gasteiger partial charge is 0.507 e. The van der Waals surface area contributed by atoms with Gasteiger partial charge in [0.05, 0.1) is 18.7 Å². The number of carbonyl (C=O) groups excluding carboxylic acids is 2. The monoisotopic (exact) mass is 399 g/mol. The van der Waals surface area contributed by atoms with E-state index in [1.54, 1.807) is 55.6 Å². The molecule has 1 unspecified atom stereocenters. The highest BCUT2D eigenvalue weighted by molar-refractivity contribution is 6.51. The SMILES string of the molecule is COc1cccc(N2C(=O)C(=O)/C(=C(\O)c3ccccc3)C2c2ccc(C)cc2)c1. The van der Waals surface area contributed by atoms with Gasteiger partial charge >= 0.3 is 0 Å². The first-order chi connectivity index (χ1) is 14.5. The first kappa shape index (κ1) is 19.5. The number of aliphatic hydroxyl groups is 1. The van der Waals surface area contributed by atoms with Crippen LogP contribution in [0.15, 0.2) is 84.4 Å². The van der Waals surface area contributed by atoms with Crippen molar-refractivity contribution in [3.63, 3.8) is 0 Å². The highest BCUT2D eigenvalue weighted by atomic mass is 16.5. The smallest absolute Gasteiger partial charge is 0.300 e. The van der Waals surface area contributed by atoms with E-state index in [2.05, 4.69) is 0 Å². The van der Waals surface area contributed by atoms with Crippen LogP contribution in [0.1, 0.15) is 22.7 Å². The number of hydrogen-bond donors (Lipinski definition) is 1. The van der Waals surface area contributed by atoms with Crippen molar-refractivity contribution < 1.29 is 19.4 Å². The molecule has 1 aliphatic heterocycles. The van der Waals surface area contributed by atoms with Crippen LogP contribution in [0.4, 0.5) is 5.69 Å². The van der Waals surface area contributed by atoms with Crippen LogP contribution in [-0.2, 0) is 9.59 Å². The van der Waals surface area contributed by atoms with Crippen LogP contribution in [0.5, 0.6) is 5.75 Å². The van der Waals surface area contributed by atoms with Gasteiger partial charge in [0.15, 0.2) is 0 Å². The molecule has 0 saturated carbocycles. The Morgan fingerprint density at radius 3 is 2.30 bits per heavy atom. The number of carbonyl (C=O) groups is 2. The number of methoxy groups -OCH3 is 1. The molecule has 1 aliphatic rings. The first-order valence-corrected chi connectivity index (χ1v) is 9.58. The van der Waals surface area contributed by atoms with E-state index in [9.17, 15) is 14.7 Å². The predicted octanol–water partition coefficient (Wildman–Crippen LogP) is 4.63. The molecule has 1 saturated heterocycles. The molecule has 150 valence electrons. The molecule has 5 nitrogen and oxygen atoms in total. The summed E-state index contributed by atoms with van der Waals surface area (Å²) in [5.41, 5.74) is 2.87. The summed E-state index contributed by atoms with van der Waals surface area (Å²) in [6.45, 7) is 1.97. The fourth-order valence-corrected chi connectivity index (χ4v) is 3.67. The van der Waals surface area contributed by atoms with Gasteiger partial charge in [-0.3, -0.25) is 14.5 Å². The van der Waals surface area contributed by atoms with Crippen molar-refractivity contribution in [3.8, 4) is 5.75 Å². The lowest BCUT2D eigenvalue weighted by Crippen LogP contribution is -2.29. The van der Waals surface area contributed by atoms with Crippen LogP contribution >= 0.6 is 0 Å². The Balaban J connectivity index is 1.94. The second kappa shape index (κ2) is 7.87. The summed E-state index contributed by atoms with van der Waals surface area (Å²) in [6.07, 6.45) is 0. The van der Waals surface area contributed by atoms with Gasteiger partial charge in [0.25, 0.3) is 11.7 Å². The number of anilines is 1. The fourth-order valence-electron chi connectivity index (χ4n) is 3.67. The van der Waals surface area contributed by atoms with Crippen LogP contribution < -0.4 is 9.64 Å². The number of nitrogens with zero attached hydrogens (tertiary/aromatic N) is 1. The second-order valence-electron chi connectivity index (χ2n) is 7.15. The molecule has 1 atom stereocenters. The molecular formula is C25H21NO4. The van der Waals surface area contributed by atoms with Gasteiger partial charge in [0.1, 0.15) is 11.5 Å². The topological polar surface area (TPSA) is 66.8 Å². The first-order valence-electron chi connectivity index (χ1n) is 9.58. The summed E-state index contributed by atoms with van der Waals surface area (Å²) in [4.78, 5) is 27.6. The quantitative estimate of drug-likeness (QED) is 0.395. The Morgan fingerprint density at radius 1 is 0.933 bits per heavy atom. The number of Topliss-reactive ketones (excluding diaryl/α,β-unsaturated/α-hetero) is 1. The minimum Gasteiger partial charge on any atom is -0.507 e. The maximum Gasteiger partial charge on any atom is 0.300 e. The molecule has 1 amide bonds. The van der Waals surface area contributed by atoms with Crippen LogP contribution in [0.3, 0.4) is 0 Å². The fraction of sp³-hybridized carbons (Fsp3) is 0.120. The average molecular weight is 399 g/mol. The molecule has 4 rings (SSSR count). The molecule has 0 bridgehead atoms. The van der Waals surface area contributed by atoms with E-state index in [1.807, 2.05) is 37.3 Å². The Hall–Kier alpha value is -3.86. The third-order valence-corrected chi connectivity index (χ3v) is 5.22. The second-order valence-corrected chi connectivity index (χ2v) is 7.15. The van der Waals surface area contributed by atoms with Crippen molar-refractivity contribution in [2.24, 2.45) is 0 Å². The number of benzene rings is 3. The summed E-state index contributed by atoms with van der Waals surface area (Å²) < 4.78 is 5.29. The van der Waals surface area contributed by atoms with Crippen molar-refractivity contribution in [2.45, 2.75) is 13.0 Å². The summed E-state index contributed by atoms with van der Waals surface area (Å²) in [5.74, 6) is -1.03. The van der Waals surface area contributed by atoms with E-state index in [0.717, 1.165) is 11.1 Å². The summed E-state index contributed by atoms with van der Waals surface area (Å²) >= 11 is 0. The highest BCUT2D eigenvalue weighted by Gasteiger charge is 2.47. The zero-order chi connectivity index (χ0) is 21.3. The lowest BCUT2D eigenvalue weighted by Gasteiger charge is -2.25. The van der Waals surface area contributed by atoms with Crippen LogP contribution in [-0.4, -0.2) is 23.9 Å². The van der Waals surface area contributed by atoms with Gasteiger partial charge in [-0.15, -0.1) is 0 Å². The summed E-state index contributed by atoms with van der Waals surface area (Å²) in [5, 5.41) is 11.0. The molecule has 0 aromatic heterocycles. The van der Waals surface area contributed by atoms with Gasteiger partial charge in [-0.05, 0) is 24.6 Å². The molecule has 1 N–H and O–H groups in total. The van der Waals surface area contributed by atoms with Crippen molar-refractivity contribution in [1.29, 1.82) is 0 Å². The number of aryl methyl sites for hydroxylation is 1. The Kier molecular flexibility index (Phi) is 5.11. The van der Waals surface area contributed by atoms with Crippen LogP contribution in [0.2, 0.25) is 0 Å². The molecule has 1 fully saturated rings. The van der Waals surface area contributed by atoms with E-state index >= 15 is 0 Å². The van der Waals surface area contributed by atoms with Gasteiger partial charge < -0.3 is 9.84 Å². The third-order valence-electron chi connectivity index (χ3n) is 5.22. The number of rotatable bonds is 4. The molecule has 0 spiro atoms. The minimum absolute atomic E-state index is 0.0675. The Morgan fingerprint density at radius 2 is 1.63 bits per heavy atom. The van der Waals surface area contributed by atoms with Crippen molar-refractivity contribution in [1.82, 2.24) is 0 Å². The number of hydrogen-bond acceptors (Lipinski definition) is 4. The van der Waals surface area contributed by atoms with Crippen LogP contribution in [0.25, 0.3) is 5.76 Å². The zero-order valence-electron chi connectivity index (χ0n) is 16.7. The highest BCUT2D eigenvalue weighted by Crippen LogP contribution is 2.42. The minimum atomic E-state index is -0.752. The van der Waals surface area contributed by atoms with Gasteiger partial charge in [0.2, 0.25) is 0 Å². The lowest BCUT2D eigenvalue weighted by atomic mass is 9.94. The Bertz CT molecular complexity index is 1130. The molecule has 0 radical (unpaired) electrons. The lowest BCUT2D eigenvalue weighted by molar-refractivity contribution is -0.132. The van der Waals surface area contributed by atoms with E-state index in [0.29, 0.717) is 17.0 Å². The van der Waals surface area contributed by atoms with Gasteiger partial charge in [-0.1, -0.05) is 66.2 Å². The van der Waals surface area contributed by atoms with Crippen molar-refractivity contribution >= 4 is 23.1 Å². The van der Waals surface area contributed by atoms with E-state index in [4.69, 9.17) is 4.74 Å². The molecular weight excluding hydrogens is 378 g/mol. The van der Waals surface area contributed by atoms with Crippen molar-refractivity contribution in [2.75, 3.05) is 12.0 Å². The molecule has 1 heterocycles. The van der Waals surface area contributed by atoms with Crippen LogP contribution in [0, 0.1) is 6.92 Å². The van der Waals surface area contributed by atoms with Gasteiger partial charge in [0, 0.05) is 17.3 Å². The maximum absolute atomic E-state index is 13.1. The molecule has 5 heteroatoms. The number of ether oxygens (including phenoxy) is 1.